The van der Waals surface area contributed by atoms with Crippen LogP contribution in [-0.2, 0) is 11.3 Å². The molecule has 2 N–H and O–H groups in total. The zero-order valence-corrected chi connectivity index (χ0v) is 16.2. The predicted molar refractivity (Wildman–Crippen MR) is 102 cm³/mol. The Morgan fingerprint density at radius 1 is 1.21 bits per heavy atom. The van der Waals surface area contributed by atoms with Gasteiger partial charge in [-0.15, -0.1) is 16.4 Å². The smallest absolute Gasteiger partial charge is 0.387 e. The number of carbonyl (C=O) groups excluding carboxylic acids is 2. The number of urea groups is 1. The number of thiophene rings is 1. The molecule has 4 bridgehead atoms. The fraction of sp³-hybridized carbons (Fsp3) is 0.579. The van der Waals surface area contributed by atoms with E-state index >= 15 is 0 Å². The first kappa shape index (κ1) is 17.7. The number of hydrogen-bond acceptors (Lipinski definition) is 6. The van der Waals surface area contributed by atoms with Crippen LogP contribution in [0.2, 0.25) is 0 Å². The highest BCUT2D eigenvalue weighted by atomic mass is 32.1. The predicted octanol–water partition coefficient (Wildman–Crippen LogP) is 2.36. The highest BCUT2D eigenvalue weighted by molar-refractivity contribution is 7.13. The Bertz CT molecular complexity index is 926. The second-order valence-corrected chi connectivity index (χ2v) is 9.46. The van der Waals surface area contributed by atoms with Crippen molar-refractivity contribution in [2.75, 3.05) is 0 Å². The molecule has 8 nitrogen and oxygen atoms in total. The summed E-state index contributed by atoms with van der Waals surface area (Å²) < 4.78 is 6.01. The maximum Gasteiger partial charge on any atom is 0.437 e. The van der Waals surface area contributed by atoms with Gasteiger partial charge in [0.1, 0.15) is 6.54 Å². The normalized spacial score (nSPS) is 30.4. The molecule has 2 aromatic rings. The van der Waals surface area contributed by atoms with Crippen LogP contribution in [0.15, 0.2) is 26.7 Å². The average molecular weight is 402 g/mol. The van der Waals surface area contributed by atoms with E-state index in [4.69, 9.17) is 4.42 Å². The van der Waals surface area contributed by atoms with E-state index in [9.17, 15) is 14.4 Å². The molecule has 0 atom stereocenters. The van der Waals surface area contributed by atoms with Crippen molar-refractivity contribution >= 4 is 23.3 Å². The molecule has 4 saturated carbocycles. The molecule has 6 rings (SSSR count). The van der Waals surface area contributed by atoms with Crippen LogP contribution in [0.1, 0.15) is 38.5 Å². The summed E-state index contributed by atoms with van der Waals surface area (Å²) in [7, 11) is 0. The van der Waals surface area contributed by atoms with Gasteiger partial charge in [0.15, 0.2) is 0 Å². The second-order valence-electron chi connectivity index (χ2n) is 8.51. The summed E-state index contributed by atoms with van der Waals surface area (Å²) in [6.07, 6.45) is 6.87. The minimum absolute atomic E-state index is 0.170. The van der Waals surface area contributed by atoms with E-state index in [0.717, 1.165) is 23.9 Å². The topological polar surface area (TPSA) is 106 Å². The van der Waals surface area contributed by atoms with E-state index < -0.39 is 17.7 Å². The van der Waals surface area contributed by atoms with E-state index in [2.05, 4.69) is 15.7 Å². The van der Waals surface area contributed by atoms with E-state index in [1.54, 1.807) is 6.07 Å². The first-order valence-corrected chi connectivity index (χ1v) is 10.6. The average Bonchev–Trinajstić information content (AvgIpc) is 3.23. The van der Waals surface area contributed by atoms with Gasteiger partial charge in [-0.05, 0) is 67.7 Å². The molecule has 0 saturated heterocycles. The lowest BCUT2D eigenvalue weighted by Gasteiger charge is -2.56. The summed E-state index contributed by atoms with van der Waals surface area (Å²) in [5.74, 6) is 0.964. The van der Waals surface area contributed by atoms with Crippen LogP contribution >= 0.6 is 11.3 Å². The van der Waals surface area contributed by atoms with Gasteiger partial charge in [-0.3, -0.25) is 10.1 Å². The third kappa shape index (κ3) is 3.28. The maximum atomic E-state index is 12.4. The number of nitrogens with one attached hydrogen (secondary N) is 2. The molecule has 0 aliphatic heterocycles. The van der Waals surface area contributed by atoms with Gasteiger partial charge < -0.3 is 9.73 Å². The van der Waals surface area contributed by atoms with E-state index in [0.29, 0.717) is 22.6 Å². The van der Waals surface area contributed by atoms with Crippen LogP contribution in [0, 0.1) is 17.8 Å². The summed E-state index contributed by atoms with van der Waals surface area (Å²) in [5, 5.41) is 11.3. The number of amides is 3. The molecule has 0 radical (unpaired) electrons. The zero-order chi connectivity index (χ0) is 19.3. The molecule has 0 unspecified atom stereocenters. The first-order chi connectivity index (χ1) is 13.5. The third-order valence-corrected chi connectivity index (χ3v) is 7.16. The Kier molecular flexibility index (Phi) is 4.15. The molecule has 9 heteroatoms. The van der Waals surface area contributed by atoms with Gasteiger partial charge in [-0.25, -0.2) is 9.59 Å². The third-order valence-electron chi connectivity index (χ3n) is 6.30. The summed E-state index contributed by atoms with van der Waals surface area (Å²) in [6.45, 7) is -0.359. The maximum absolute atomic E-state index is 12.4. The molecule has 4 aliphatic carbocycles. The van der Waals surface area contributed by atoms with Crippen LogP contribution in [0.4, 0.5) is 4.79 Å². The van der Waals surface area contributed by atoms with E-state index in [-0.39, 0.29) is 18.0 Å². The van der Waals surface area contributed by atoms with Crippen LogP contribution in [0.5, 0.6) is 0 Å². The number of carbonyl (C=O) groups is 2. The monoisotopic (exact) mass is 402 g/mol. The molecular formula is C19H22N4O4S. The summed E-state index contributed by atoms with van der Waals surface area (Å²) >= 11 is 1.39. The van der Waals surface area contributed by atoms with Gasteiger partial charge in [0.2, 0.25) is 5.91 Å². The number of hydrogen-bond donors (Lipinski definition) is 2. The summed E-state index contributed by atoms with van der Waals surface area (Å²) in [6, 6.07) is 3.11. The van der Waals surface area contributed by atoms with Crippen molar-refractivity contribution in [1.29, 1.82) is 0 Å². The molecule has 3 amide bonds. The van der Waals surface area contributed by atoms with Crippen molar-refractivity contribution in [1.82, 2.24) is 20.4 Å². The van der Waals surface area contributed by atoms with Gasteiger partial charge in [-0.1, -0.05) is 6.07 Å². The molecule has 2 heterocycles. The molecule has 28 heavy (non-hydrogen) atoms. The van der Waals surface area contributed by atoms with Crippen molar-refractivity contribution in [3.63, 3.8) is 0 Å². The van der Waals surface area contributed by atoms with Crippen LogP contribution in [0.25, 0.3) is 10.8 Å². The van der Waals surface area contributed by atoms with Crippen molar-refractivity contribution in [3.05, 3.63) is 28.1 Å². The van der Waals surface area contributed by atoms with Gasteiger partial charge in [0.05, 0.1) is 4.88 Å². The van der Waals surface area contributed by atoms with Crippen molar-refractivity contribution in [3.8, 4) is 10.8 Å². The second kappa shape index (κ2) is 6.58. The number of nitrogens with zero attached hydrogens (tertiary/aromatic N) is 2. The van der Waals surface area contributed by atoms with Gasteiger partial charge in [-0.2, -0.15) is 4.68 Å². The molecule has 0 aromatic carbocycles. The molecule has 4 aliphatic rings. The van der Waals surface area contributed by atoms with Crippen molar-refractivity contribution < 1.29 is 14.0 Å². The fourth-order valence-corrected chi connectivity index (χ4v) is 6.39. The van der Waals surface area contributed by atoms with Crippen molar-refractivity contribution in [2.45, 2.75) is 50.6 Å². The van der Waals surface area contributed by atoms with Gasteiger partial charge in [0.25, 0.3) is 5.89 Å². The SMILES string of the molecule is O=C(Cn1nc(-c2cccs2)oc1=O)NC(=O)NC12CC3CC(CC(C3)C1)C2. The lowest BCUT2D eigenvalue weighted by atomic mass is 9.53. The molecule has 148 valence electrons. The van der Waals surface area contributed by atoms with E-state index in [1.165, 1.54) is 30.6 Å². The number of aromatic nitrogens is 2. The first-order valence-electron chi connectivity index (χ1n) is 9.72. The Morgan fingerprint density at radius 2 is 1.89 bits per heavy atom. The van der Waals surface area contributed by atoms with Crippen LogP contribution in [-0.4, -0.2) is 27.3 Å². The van der Waals surface area contributed by atoms with Crippen molar-refractivity contribution in [2.24, 2.45) is 17.8 Å². The van der Waals surface area contributed by atoms with E-state index in [1.807, 2.05) is 11.4 Å². The van der Waals surface area contributed by atoms with Gasteiger partial charge >= 0.3 is 11.8 Å². The quantitative estimate of drug-likeness (QED) is 0.817. The standard InChI is InChI=1S/C19H22N4O4S/c24-15(10-23-18(26)27-16(22-23)14-2-1-3-28-14)20-17(25)21-19-7-11-4-12(8-19)6-13(5-11)9-19/h1-3,11-13H,4-10H2,(H2,20,21,24,25). The summed E-state index contributed by atoms with van der Waals surface area (Å²) in [4.78, 5) is 37.3. The molecule has 2 aromatic heterocycles. The van der Waals surface area contributed by atoms with Gasteiger partial charge in [0, 0.05) is 5.54 Å². The minimum atomic E-state index is -0.722. The largest absolute Gasteiger partial charge is 0.437 e. The van der Waals surface area contributed by atoms with Crippen LogP contribution < -0.4 is 16.4 Å². The molecule has 0 spiro atoms. The lowest BCUT2D eigenvalue weighted by molar-refractivity contribution is -0.120. The minimum Gasteiger partial charge on any atom is -0.387 e. The number of rotatable bonds is 4. The highest BCUT2D eigenvalue weighted by Crippen LogP contribution is 2.55. The number of imide groups is 1. The Hall–Kier alpha value is -2.42. The Balaban J connectivity index is 1.21. The lowest BCUT2D eigenvalue weighted by Crippen LogP contribution is -2.62. The summed E-state index contributed by atoms with van der Waals surface area (Å²) in [5.41, 5.74) is -0.170. The highest BCUT2D eigenvalue weighted by Gasteiger charge is 2.51. The Labute approximate surface area is 165 Å². The van der Waals surface area contributed by atoms with Crippen LogP contribution in [0.3, 0.4) is 0 Å². The Morgan fingerprint density at radius 3 is 2.50 bits per heavy atom. The zero-order valence-electron chi connectivity index (χ0n) is 15.3. The fourth-order valence-electron chi connectivity index (χ4n) is 5.74. The molecule has 4 fully saturated rings. The molecular weight excluding hydrogens is 380 g/mol.